The van der Waals surface area contributed by atoms with Gasteiger partial charge in [-0.05, 0) is 18.4 Å². The van der Waals surface area contributed by atoms with Gasteiger partial charge in [0.1, 0.15) is 6.33 Å². The first kappa shape index (κ1) is 26.5. The van der Waals surface area contributed by atoms with Crippen LogP contribution in [0, 0.1) is 5.92 Å². The highest BCUT2D eigenvalue weighted by Gasteiger charge is 2.29. The highest BCUT2D eigenvalue weighted by Crippen LogP contribution is 2.26. The van der Waals surface area contributed by atoms with E-state index in [2.05, 4.69) is 37.3 Å². The Morgan fingerprint density at radius 3 is 2.74 bits per heavy atom. The number of hydrogen-bond acceptors (Lipinski definition) is 9. The number of nitrogens with one attached hydrogen (secondary N) is 2. The van der Waals surface area contributed by atoms with Crippen molar-refractivity contribution in [2.75, 3.05) is 56.2 Å². The van der Waals surface area contributed by atoms with E-state index in [1.54, 1.807) is 9.47 Å². The largest absolute Gasteiger partial charge is 0.378 e. The smallest absolute Gasteiger partial charge is 0.333 e. The molecule has 0 saturated carbocycles. The van der Waals surface area contributed by atoms with Gasteiger partial charge in [0.15, 0.2) is 17.0 Å². The molecular weight excluding hydrogens is 514 g/mol. The number of piperidine rings is 1. The molecule has 208 valence electrons. The third-order valence-electron chi connectivity index (χ3n) is 6.90. The zero-order valence-corrected chi connectivity index (χ0v) is 21.5. The van der Waals surface area contributed by atoms with E-state index < -0.39 is 6.55 Å². The number of imidazole rings is 1. The molecule has 0 spiro atoms. The normalized spacial score (nSPS) is 19.9. The summed E-state index contributed by atoms with van der Waals surface area (Å²) in [7, 11) is 0. The number of carbonyl (C=O) groups is 2. The molecule has 2 saturated heterocycles. The van der Waals surface area contributed by atoms with Crippen molar-refractivity contribution in [2.45, 2.75) is 25.9 Å². The Morgan fingerprint density at radius 1 is 1.26 bits per heavy atom. The summed E-state index contributed by atoms with van der Waals surface area (Å²) in [5.41, 5.74) is 1.13. The van der Waals surface area contributed by atoms with E-state index in [9.17, 15) is 18.4 Å². The zero-order valence-electron chi connectivity index (χ0n) is 21.5. The SMILES string of the molecule is C=CC(=O)N1CCC(NC(=O)CNc2nc(N3CCOCC3)nc3c2ncn3-c2cnn(C(F)F)c2)C(C)C1. The standard InChI is InChI=1S/C24H30F2N10O3/c1-3-19(38)34-5-4-17(15(2)12-34)30-18(37)11-27-21-20-22(32-24(31-21)33-6-8-39-9-7-33)35(14-28-20)16-10-29-36(13-16)23(25)26/h3,10,13-15,17,23H,1,4-9,11-12H2,2H3,(H,30,37)(H,27,31,32). The van der Waals surface area contributed by atoms with Crippen LogP contribution in [-0.2, 0) is 14.3 Å². The molecule has 13 nitrogen and oxygen atoms in total. The number of aromatic nitrogens is 6. The number of halogens is 2. The molecule has 0 radical (unpaired) electrons. The van der Waals surface area contributed by atoms with Crippen molar-refractivity contribution in [1.82, 2.24) is 39.5 Å². The maximum absolute atomic E-state index is 13.1. The zero-order chi connectivity index (χ0) is 27.5. The molecule has 2 aliphatic rings. The van der Waals surface area contributed by atoms with Gasteiger partial charge in [-0.1, -0.05) is 13.5 Å². The quantitative estimate of drug-likeness (QED) is 0.401. The predicted molar refractivity (Wildman–Crippen MR) is 138 cm³/mol. The Kier molecular flexibility index (Phi) is 7.67. The summed E-state index contributed by atoms with van der Waals surface area (Å²) in [6.07, 6.45) is 5.91. The molecule has 5 heterocycles. The van der Waals surface area contributed by atoms with Crippen LogP contribution in [0.4, 0.5) is 20.5 Å². The van der Waals surface area contributed by atoms with Crippen LogP contribution < -0.4 is 15.5 Å². The first-order valence-corrected chi connectivity index (χ1v) is 12.7. The maximum atomic E-state index is 13.1. The molecule has 2 N–H and O–H groups in total. The number of alkyl halides is 2. The Bertz CT molecular complexity index is 1350. The average Bonchev–Trinajstić information content (AvgIpc) is 3.60. The molecular formula is C24H30F2N10O3. The topological polar surface area (TPSA) is 135 Å². The van der Waals surface area contributed by atoms with Gasteiger partial charge < -0.3 is 25.2 Å². The van der Waals surface area contributed by atoms with Crippen molar-refractivity contribution in [3.05, 3.63) is 31.4 Å². The summed E-state index contributed by atoms with van der Waals surface area (Å²) in [5.74, 6) is 0.488. The number of fused-ring (bicyclic) bond motifs is 1. The van der Waals surface area contributed by atoms with Crippen LogP contribution in [-0.4, -0.2) is 98.0 Å². The van der Waals surface area contributed by atoms with Gasteiger partial charge in [-0.15, -0.1) is 0 Å². The van der Waals surface area contributed by atoms with Crippen molar-refractivity contribution in [2.24, 2.45) is 5.92 Å². The van der Waals surface area contributed by atoms with E-state index in [1.165, 1.54) is 24.8 Å². The van der Waals surface area contributed by atoms with Gasteiger partial charge in [0, 0.05) is 32.2 Å². The van der Waals surface area contributed by atoms with Gasteiger partial charge in [-0.3, -0.25) is 14.2 Å². The minimum absolute atomic E-state index is 0.0661. The molecule has 5 rings (SSSR count). The van der Waals surface area contributed by atoms with Crippen LogP contribution in [0.1, 0.15) is 19.9 Å². The number of nitrogens with zero attached hydrogens (tertiary/aromatic N) is 8. The number of hydrogen-bond donors (Lipinski definition) is 2. The van der Waals surface area contributed by atoms with Crippen molar-refractivity contribution < 1.29 is 23.1 Å². The minimum atomic E-state index is -2.78. The fourth-order valence-corrected chi connectivity index (χ4v) is 4.78. The van der Waals surface area contributed by atoms with Gasteiger partial charge in [0.05, 0.1) is 37.8 Å². The summed E-state index contributed by atoms with van der Waals surface area (Å²) in [4.78, 5) is 42.2. The number of morpholine rings is 1. The van der Waals surface area contributed by atoms with Gasteiger partial charge in [-0.2, -0.15) is 23.8 Å². The highest BCUT2D eigenvalue weighted by atomic mass is 19.3. The summed E-state index contributed by atoms with van der Waals surface area (Å²) >= 11 is 0. The average molecular weight is 545 g/mol. The van der Waals surface area contributed by atoms with Crippen LogP contribution >= 0.6 is 0 Å². The number of carbonyl (C=O) groups excluding carboxylic acids is 2. The monoisotopic (exact) mass is 544 g/mol. The molecule has 3 aromatic heterocycles. The Hall–Kier alpha value is -4.14. The lowest BCUT2D eigenvalue weighted by molar-refractivity contribution is -0.128. The molecule has 39 heavy (non-hydrogen) atoms. The van der Waals surface area contributed by atoms with Gasteiger partial charge in [0.2, 0.25) is 17.8 Å². The number of amides is 2. The number of anilines is 2. The summed E-state index contributed by atoms with van der Waals surface area (Å²) in [5, 5.41) is 9.83. The molecule has 0 bridgehead atoms. The molecule has 2 aliphatic heterocycles. The minimum Gasteiger partial charge on any atom is -0.378 e. The number of rotatable bonds is 8. The van der Waals surface area contributed by atoms with E-state index in [0.717, 1.165) is 0 Å². The van der Waals surface area contributed by atoms with Crippen molar-refractivity contribution >= 4 is 34.7 Å². The molecule has 15 heteroatoms. The molecule has 2 amide bonds. The Labute approximate surface area is 222 Å². The molecule has 3 aromatic rings. The lowest BCUT2D eigenvalue weighted by Crippen LogP contribution is -2.52. The molecule has 2 unspecified atom stereocenters. The molecule has 2 atom stereocenters. The van der Waals surface area contributed by atoms with Crippen molar-refractivity contribution in [3.8, 4) is 5.69 Å². The van der Waals surface area contributed by atoms with Crippen LogP contribution in [0.2, 0.25) is 0 Å². The van der Waals surface area contributed by atoms with E-state index in [4.69, 9.17) is 4.74 Å². The van der Waals surface area contributed by atoms with E-state index >= 15 is 0 Å². The second kappa shape index (κ2) is 11.3. The van der Waals surface area contributed by atoms with Crippen LogP contribution in [0.25, 0.3) is 16.9 Å². The van der Waals surface area contributed by atoms with E-state index in [0.29, 0.717) is 79.1 Å². The van der Waals surface area contributed by atoms with Gasteiger partial charge in [-0.25, -0.2) is 9.67 Å². The summed E-state index contributed by atoms with van der Waals surface area (Å²) < 4.78 is 33.8. The lowest BCUT2D eigenvalue weighted by atomic mass is 9.93. The fraction of sp³-hybridized carbons (Fsp3) is 0.500. The number of ether oxygens (including phenoxy) is 1. The van der Waals surface area contributed by atoms with Crippen LogP contribution in [0.15, 0.2) is 31.4 Å². The van der Waals surface area contributed by atoms with Crippen LogP contribution in [0.5, 0.6) is 0 Å². The van der Waals surface area contributed by atoms with Gasteiger partial charge in [0.25, 0.3) is 0 Å². The first-order valence-electron chi connectivity index (χ1n) is 12.7. The fourth-order valence-electron chi connectivity index (χ4n) is 4.78. The third-order valence-corrected chi connectivity index (χ3v) is 6.90. The van der Waals surface area contributed by atoms with Crippen molar-refractivity contribution in [3.63, 3.8) is 0 Å². The second-order valence-corrected chi connectivity index (χ2v) is 9.50. The molecule has 0 aliphatic carbocycles. The maximum Gasteiger partial charge on any atom is 0.333 e. The van der Waals surface area contributed by atoms with E-state index in [-0.39, 0.29) is 30.3 Å². The van der Waals surface area contributed by atoms with Crippen molar-refractivity contribution in [1.29, 1.82) is 0 Å². The van der Waals surface area contributed by atoms with Gasteiger partial charge >= 0.3 is 6.55 Å². The highest BCUT2D eigenvalue weighted by molar-refractivity contribution is 5.89. The Balaban J connectivity index is 1.35. The van der Waals surface area contributed by atoms with Crippen LogP contribution in [0.3, 0.4) is 0 Å². The lowest BCUT2D eigenvalue weighted by Gasteiger charge is -2.36. The summed E-state index contributed by atoms with van der Waals surface area (Å²) in [6, 6.07) is -0.0759. The molecule has 0 aromatic carbocycles. The third kappa shape index (κ3) is 5.67. The second-order valence-electron chi connectivity index (χ2n) is 9.50. The van der Waals surface area contributed by atoms with E-state index in [1.807, 2.05) is 11.8 Å². The first-order chi connectivity index (χ1) is 18.8. The number of likely N-dealkylation sites (tertiary alicyclic amines) is 1. The predicted octanol–water partition coefficient (Wildman–Crippen LogP) is 1.19. The Morgan fingerprint density at radius 2 is 2.05 bits per heavy atom. The summed E-state index contributed by atoms with van der Waals surface area (Å²) in [6.45, 7) is 5.96. The molecule has 2 fully saturated rings.